The van der Waals surface area contributed by atoms with Crippen molar-refractivity contribution in [1.29, 1.82) is 0 Å². The van der Waals surface area contributed by atoms with Crippen LogP contribution in [0.1, 0.15) is 24.8 Å². The molecule has 4 heteroatoms. The number of hydrogen-bond acceptors (Lipinski definition) is 3. The Hall–Kier alpha value is -1.55. The largest absolute Gasteiger partial charge is 0.482 e. The van der Waals surface area contributed by atoms with Crippen molar-refractivity contribution >= 4 is 5.97 Å². The Kier molecular flexibility index (Phi) is 4.59. The number of benzene rings is 1. The lowest BCUT2D eigenvalue weighted by Crippen LogP contribution is -2.29. The van der Waals surface area contributed by atoms with Gasteiger partial charge in [-0.05, 0) is 43.6 Å². The minimum atomic E-state index is -0.948. The molecule has 0 bridgehead atoms. The van der Waals surface area contributed by atoms with Crippen LogP contribution in [0.3, 0.4) is 0 Å². The summed E-state index contributed by atoms with van der Waals surface area (Å²) >= 11 is 0. The van der Waals surface area contributed by atoms with Gasteiger partial charge >= 0.3 is 5.97 Å². The highest BCUT2D eigenvalue weighted by Crippen LogP contribution is 2.17. The van der Waals surface area contributed by atoms with E-state index in [2.05, 4.69) is 11.0 Å². The second kappa shape index (κ2) is 6.40. The number of nitrogens with zero attached hydrogens (tertiary/aromatic N) is 1. The molecule has 0 aromatic heterocycles. The number of rotatable bonds is 5. The first-order valence-electron chi connectivity index (χ1n) is 6.40. The minimum absolute atomic E-state index is 0.285. The summed E-state index contributed by atoms with van der Waals surface area (Å²) in [5.74, 6) is -0.316. The minimum Gasteiger partial charge on any atom is -0.482 e. The lowest BCUT2D eigenvalue weighted by Gasteiger charge is -2.26. The topological polar surface area (TPSA) is 49.8 Å². The number of carboxylic acids is 1. The SMILES string of the molecule is O=C(O)COc1cccc(CN2CCCCC2)c1. The van der Waals surface area contributed by atoms with E-state index in [9.17, 15) is 4.79 Å². The number of carboxylic acid groups (broad SMARTS) is 1. The van der Waals surface area contributed by atoms with Crippen molar-refractivity contribution in [2.45, 2.75) is 25.8 Å². The number of likely N-dealkylation sites (tertiary alicyclic amines) is 1. The Labute approximate surface area is 107 Å². The van der Waals surface area contributed by atoms with Gasteiger partial charge in [-0.3, -0.25) is 4.90 Å². The first-order chi connectivity index (χ1) is 8.74. The number of piperidine rings is 1. The molecule has 2 rings (SSSR count). The molecule has 1 saturated heterocycles. The molecule has 18 heavy (non-hydrogen) atoms. The van der Waals surface area contributed by atoms with E-state index in [1.165, 1.54) is 24.8 Å². The fourth-order valence-electron chi connectivity index (χ4n) is 2.25. The summed E-state index contributed by atoms with van der Waals surface area (Å²) in [4.78, 5) is 12.9. The maximum absolute atomic E-state index is 10.4. The van der Waals surface area contributed by atoms with Crippen LogP contribution in [0.4, 0.5) is 0 Å². The Morgan fingerprint density at radius 1 is 1.28 bits per heavy atom. The third-order valence-electron chi connectivity index (χ3n) is 3.12. The van der Waals surface area contributed by atoms with Gasteiger partial charge in [0.25, 0.3) is 0 Å². The zero-order valence-electron chi connectivity index (χ0n) is 10.5. The average molecular weight is 249 g/mol. The number of carbonyl (C=O) groups is 1. The molecule has 1 aliphatic heterocycles. The molecule has 0 unspecified atom stereocenters. The molecule has 1 fully saturated rings. The van der Waals surface area contributed by atoms with E-state index >= 15 is 0 Å². The van der Waals surface area contributed by atoms with Crippen LogP contribution in [0.25, 0.3) is 0 Å². The Morgan fingerprint density at radius 3 is 2.78 bits per heavy atom. The van der Waals surface area contributed by atoms with Gasteiger partial charge in [0.05, 0.1) is 0 Å². The van der Waals surface area contributed by atoms with Gasteiger partial charge in [-0.1, -0.05) is 18.6 Å². The molecule has 1 aliphatic rings. The second-order valence-corrected chi connectivity index (χ2v) is 4.67. The van der Waals surface area contributed by atoms with E-state index < -0.39 is 5.97 Å². The van der Waals surface area contributed by atoms with E-state index in [-0.39, 0.29) is 6.61 Å². The van der Waals surface area contributed by atoms with E-state index in [1.54, 1.807) is 6.07 Å². The van der Waals surface area contributed by atoms with Crippen molar-refractivity contribution in [2.24, 2.45) is 0 Å². The zero-order valence-corrected chi connectivity index (χ0v) is 10.5. The molecule has 0 radical (unpaired) electrons. The number of aliphatic carboxylic acids is 1. The summed E-state index contributed by atoms with van der Waals surface area (Å²) in [5, 5.41) is 8.57. The molecular formula is C14H19NO3. The molecule has 0 aliphatic carbocycles. The van der Waals surface area contributed by atoms with E-state index in [1.807, 2.05) is 12.1 Å². The lowest BCUT2D eigenvalue weighted by molar-refractivity contribution is -0.139. The van der Waals surface area contributed by atoms with Gasteiger partial charge in [-0.15, -0.1) is 0 Å². The highest BCUT2D eigenvalue weighted by molar-refractivity contribution is 5.68. The van der Waals surface area contributed by atoms with Crippen LogP contribution in [0.15, 0.2) is 24.3 Å². The van der Waals surface area contributed by atoms with Crippen molar-refractivity contribution in [1.82, 2.24) is 4.90 Å². The summed E-state index contributed by atoms with van der Waals surface area (Å²) in [6.07, 6.45) is 3.88. The molecule has 1 aromatic rings. The standard InChI is InChI=1S/C14H19NO3/c16-14(17)11-18-13-6-4-5-12(9-13)10-15-7-2-1-3-8-15/h4-6,9H,1-3,7-8,10-11H2,(H,16,17). The van der Waals surface area contributed by atoms with Gasteiger partial charge in [0.15, 0.2) is 6.61 Å². The van der Waals surface area contributed by atoms with Gasteiger partial charge in [-0.25, -0.2) is 4.79 Å². The average Bonchev–Trinajstić information content (AvgIpc) is 2.38. The number of hydrogen-bond donors (Lipinski definition) is 1. The molecule has 1 N–H and O–H groups in total. The Balaban J connectivity index is 1.91. The van der Waals surface area contributed by atoms with Gasteiger partial charge in [0, 0.05) is 6.54 Å². The first kappa shape index (κ1) is 12.9. The molecule has 0 spiro atoms. The van der Waals surface area contributed by atoms with Crippen molar-refractivity contribution in [3.63, 3.8) is 0 Å². The van der Waals surface area contributed by atoms with Crippen LogP contribution in [-0.2, 0) is 11.3 Å². The predicted molar refractivity (Wildman–Crippen MR) is 68.7 cm³/mol. The second-order valence-electron chi connectivity index (χ2n) is 4.67. The molecular weight excluding hydrogens is 230 g/mol. The van der Waals surface area contributed by atoms with E-state index in [0.717, 1.165) is 19.6 Å². The normalized spacial score (nSPS) is 16.4. The molecule has 4 nitrogen and oxygen atoms in total. The Bertz CT molecular complexity index is 400. The fraction of sp³-hybridized carbons (Fsp3) is 0.500. The molecule has 1 aromatic carbocycles. The molecule has 0 amide bonds. The highest BCUT2D eigenvalue weighted by atomic mass is 16.5. The van der Waals surface area contributed by atoms with Gasteiger partial charge < -0.3 is 9.84 Å². The van der Waals surface area contributed by atoms with Crippen LogP contribution in [0, 0.1) is 0 Å². The molecule has 0 atom stereocenters. The summed E-state index contributed by atoms with van der Waals surface area (Å²) in [6, 6.07) is 7.69. The van der Waals surface area contributed by atoms with Crippen LogP contribution in [0.5, 0.6) is 5.75 Å². The zero-order chi connectivity index (χ0) is 12.8. The van der Waals surface area contributed by atoms with Gasteiger partial charge in [0.2, 0.25) is 0 Å². The van der Waals surface area contributed by atoms with Crippen LogP contribution in [-0.4, -0.2) is 35.7 Å². The molecule has 1 heterocycles. The molecule has 98 valence electrons. The third kappa shape index (κ3) is 4.04. The quantitative estimate of drug-likeness (QED) is 0.868. The number of ether oxygens (including phenoxy) is 1. The predicted octanol–water partition coefficient (Wildman–Crippen LogP) is 2.14. The summed E-state index contributed by atoms with van der Waals surface area (Å²) in [6.45, 7) is 2.94. The van der Waals surface area contributed by atoms with E-state index in [0.29, 0.717) is 5.75 Å². The maximum Gasteiger partial charge on any atom is 0.341 e. The first-order valence-corrected chi connectivity index (χ1v) is 6.40. The maximum atomic E-state index is 10.4. The van der Waals surface area contributed by atoms with Crippen molar-refractivity contribution in [3.05, 3.63) is 29.8 Å². The van der Waals surface area contributed by atoms with Crippen LogP contribution in [0.2, 0.25) is 0 Å². The summed E-state index contributed by atoms with van der Waals surface area (Å²) < 4.78 is 5.18. The summed E-state index contributed by atoms with van der Waals surface area (Å²) in [7, 11) is 0. The van der Waals surface area contributed by atoms with Gasteiger partial charge in [0.1, 0.15) is 5.75 Å². The monoisotopic (exact) mass is 249 g/mol. The summed E-state index contributed by atoms with van der Waals surface area (Å²) in [5.41, 5.74) is 1.18. The lowest BCUT2D eigenvalue weighted by atomic mass is 10.1. The third-order valence-corrected chi connectivity index (χ3v) is 3.12. The van der Waals surface area contributed by atoms with Crippen LogP contribution >= 0.6 is 0 Å². The molecule has 0 saturated carbocycles. The van der Waals surface area contributed by atoms with Crippen LogP contribution < -0.4 is 4.74 Å². The highest BCUT2D eigenvalue weighted by Gasteiger charge is 2.10. The van der Waals surface area contributed by atoms with E-state index in [4.69, 9.17) is 9.84 Å². The fourth-order valence-corrected chi connectivity index (χ4v) is 2.25. The van der Waals surface area contributed by atoms with Crippen molar-refractivity contribution in [2.75, 3.05) is 19.7 Å². The smallest absolute Gasteiger partial charge is 0.341 e. The Morgan fingerprint density at radius 2 is 2.06 bits per heavy atom. The van der Waals surface area contributed by atoms with Crippen molar-refractivity contribution in [3.8, 4) is 5.75 Å². The van der Waals surface area contributed by atoms with Crippen molar-refractivity contribution < 1.29 is 14.6 Å². The van der Waals surface area contributed by atoms with Gasteiger partial charge in [-0.2, -0.15) is 0 Å².